The van der Waals surface area contributed by atoms with Gasteiger partial charge in [-0.15, -0.1) is 0 Å². The predicted octanol–water partition coefficient (Wildman–Crippen LogP) is 3.97. The van der Waals surface area contributed by atoms with Gasteiger partial charge in [-0.1, -0.05) is 36.7 Å². The maximum atomic E-state index is 11.0. The van der Waals surface area contributed by atoms with Gasteiger partial charge in [0.25, 0.3) is 5.69 Å². The predicted molar refractivity (Wildman–Crippen MR) is 82.2 cm³/mol. The molecular weight excluding hydrogens is 290 g/mol. The molecule has 1 unspecified atom stereocenters. The Bertz CT molecular complexity index is 705. The Hall–Kier alpha value is -2.14. The summed E-state index contributed by atoms with van der Waals surface area (Å²) in [5.74, 6) is 0.966. The van der Waals surface area contributed by atoms with Crippen LogP contribution in [0.4, 0.5) is 17.2 Å². The van der Waals surface area contributed by atoms with Gasteiger partial charge in [-0.2, -0.15) is 0 Å². The molecule has 5 nitrogen and oxygen atoms in total. The lowest BCUT2D eigenvalue weighted by molar-refractivity contribution is -0.384. The summed E-state index contributed by atoms with van der Waals surface area (Å²) in [5.41, 5.74) is 2.22. The standard InChI is InChI=1S/C15H14ClN3O2/c1-10-6-11-4-2-3-5-13(11)18(9-10)15-8-12(19(20)21)7-14(16)17-15/h2-5,7-8,10H,6,9H2,1H3. The summed E-state index contributed by atoms with van der Waals surface area (Å²) in [4.78, 5) is 16.8. The number of anilines is 2. The number of halogens is 1. The second kappa shape index (κ2) is 5.33. The average molecular weight is 304 g/mol. The SMILES string of the molecule is CC1Cc2ccccc2N(c2cc([N+](=O)[O-])cc(Cl)n2)C1. The van der Waals surface area contributed by atoms with Gasteiger partial charge < -0.3 is 4.90 Å². The minimum absolute atomic E-state index is 0.0410. The maximum absolute atomic E-state index is 11.0. The van der Waals surface area contributed by atoms with Gasteiger partial charge in [0, 0.05) is 12.2 Å². The van der Waals surface area contributed by atoms with Crippen molar-refractivity contribution < 1.29 is 4.92 Å². The van der Waals surface area contributed by atoms with E-state index in [1.807, 2.05) is 23.1 Å². The molecule has 1 aromatic carbocycles. The molecule has 0 N–H and O–H groups in total. The number of hydrogen-bond acceptors (Lipinski definition) is 4. The Balaban J connectivity index is 2.10. The summed E-state index contributed by atoms with van der Waals surface area (Å²) in [6.07, 6.45) is 0.995. The van der Waals surface area contributed by atoms with Gasteiger partial charge in [-0.25, -0.2) is 4.98 Å². The second-order valence-corrected chi connectivity index (χ2v) is 5.70. The van der Waals surface area contributed by atoms with Crippen LogP contribution in [0.2, 0.25) is 5.15 Å². The summed E-state index contributed by atoms with van der Waals surface area (Å²) in [5, 5.41) is 11.1. The number of hydrogen-bond donors (Lipinski definition) is 0. The molecule has 1 aromatic heterocycles. The lowest BCUT2D eigenvalue weighted by Gasteiger charge is -2.33. The first kappa shape index (κ1) is 13.8. The third-order valence-electron chi connectivity index (χ3n) is 3.60. The van der Waals surface area contributed by atoms with Crippen LogP contribution in [0, 0.1) is 16.0 Å². The van der Waals surface area contributed by atoms with Crippen molar-refractivity contribution in [2.24, 2.45) is 5.92 Å². The van der Waals surface area contributed by atoms with Gasteiger partial charge >= 0.3 is 0 Å². The highest BCUT2D eigenvalue weighted by Crippen LogP contribution is 2.36. The first-order chi connectivity index (χ1) is 10.0. The maximum Gasteiger partial charge on any atom is 0.276 e. The van der Waals surface area contributed by atoms with Crippen molar-refractivity contribution in [3.8, 4) is 0 Å². The van der Waals surface area contributed by atoms with Crippen molar-refractivity contribution in [1.29, 1.82) is 0 Å². The number of para-hydroxylation sites is 1. The summed E-state index contributed by atoms with van der Waals surface area (Å²) in [7, 11) is 0. The molecular formula is C15H14ClN3O2. The van der Waals surface area contributed by atoms with Gasteiger partial charge in [0.05, 0.1) is 17.1 Å². The third kappa shape index (κ3) is 2.69. The number of rotatable bonds is 2. The molecule has 0 aliphatic carbocycles. The summed E-state index contributed by atoms with van der Waals surface area (Å²) in [6.45, 7) is 2.92. The van der Waals surface area contributed by atoms with Crippen LogP contribution in [0.25, 0.3) is 0 Å². The number of nitrogens with zero attached hydrogens (tertiary/aromatic N) is 3. The average Bonchev–Trinajstić information content (AvgIpc) is 2.45. The van der Waals surface area contributed by atoms with E-state index < -0.39 is 4.92 Å². The van der Waals surface area contributed by atoms with Gasteiger partial charge in [0.15, 0.2) is 0 Å². The van der Waals surface area contributed by atoms with E-state index in [0.717, 1.165) is 18.7 Å². The van der Waals surface area contributed by atoms with Crippen molar-refractivity contribution in [1.82, 2.24) is 4.98 Å². The fourth-order valence-corrected chi connectivity index (χ4v) is 2.93. The molecule has 2 heterocycles. The van der Waals surface area contributed by atoms with Gasteiger partial charge in [0.2, 0.25) is 0 Å². The lowest BCUT2D eigenvalue weighted by Crippen LogP contribution is -2.31. The van der Waals surface area contributed by atoms with Crippen molar-refractivity contribution >= 4 is 28.8 Å². The highest BCUT2D eigenvalue weighted by molar-refractivity contribution is 6.29. The van der Waals surface area contributed by atoms with Crippen LogP contribution in [-0.4, -0.2) is 16.5 Å². The van der Waals surface area contributed by atoms with Crippen LogP contribution in [0.3, 0.4) is 0 Å². The zero-order valence-electron chi connectivity index (χ0n) is 11.5. The van der Waals surface area contributed by atoms with Crippen LogP contribution in [0.5, 0.6) is 0 Å². The largest absolute Gasteiger partial charge is 0.326 e. The monoisotopic (exact) mass is 303 g/mol. The number of pyridine rings is 1. The van der Waals surface area contributed by atoms with Crippen LogP contribution >= 0.6 is 11.6 Å². The van der Waals surface area contributed by atoms with E-state index in [0.29, 0.717) is 11.7 Å². The Morgan fingerprint density at radius 2 is 2.14 bits per heavy atom. The number of fused-ring (bicyclic) bond motifs is 1. The van der Waals surface area contributed by atoms with Crippen molar-refractivity contribution in [3.63, 3.8) is 0 Å². The fourth-order valence-electron chi connectivity index (χ4n) is 2.73. The molecule has 0 saturated heterocycles. The van der Waals surface area contributed by atoms with E-state index in [4.69, 9.17) is 11.6 Å². The quantitative estimate of drug-likeness (QED) is 0.478. The minimum Gasteiger partial charge on any atom is -0.326 e. The van der Waals surface area contributed by atoms with E-state index in [1.165, 1.54) is 17.7 Å². The second-order valence-electron chi connectivity index (χ2n) is 5.31. The van der Waals surface area contributed by atoms with E-state index in [-0.39, 0.29) is 10.8 Å². The first-order valence-corrected chi connectivity index (χ1v) is 7.10. The van der Waals surface area contributed by atoms with E-state index in [1.54, 1.807) is 0 Å². The molecule has 21 heavy (non-hydrogen) atoms. The van der Waals surface area contributed by atoms with Crippen LogP contribution in [-0.2, 0) is 6.42 Å². The smallest absolute Gasteiger partial charge is 0.276 e. The molecule has 0 radical (unpaired) electrons. The third-order valence-corrected chi connectivity index (χ3v) is 3.79. The molecule has 1 aliphatic heterocycles. The molecule has 6 heteroatoms. The molecule has 0 spiro atoms. The van der Waals surface area contributed by atoms with Crippen molar-refractivity contribution in [3.05, 3.63) is 57.2 Å². The van der Waals surface area contributed by atoms with E-state index in [9.17, 15) is 10.1 Å². The molecule has 0 fully saturated rings. The Morgan fingerprint density at radius 3 is 2.90 bits per heavy atom. The molecule has 3 rings (SSSR count). The fraction of sp³-hybridized carbons (Fsp3) is 0.267. The summed E-state index contributed by atoms with van der Waals surface area (Å²) >= 11 is 5.93. The number of aromatic nitrogens is 1. The van der Waals surface area contributed by atoms with Crippen LogP contribution in [0.15, 0.2) is 36.4 Å². The summed E-state index contributed by atoms with van der Waals surface area (Å²) in [6, 6.07) is 10.8. The molecule has 1 atom stereocenters. The molecule has 0 saturated carbocycles. The van der Waals surface area contributed by atoms with Crippen molar-refractivity contribution in [2.45, 2.75) is 13.3 Å². The summed E-state index contributed by atoms with van der Waals surface area (Å²) < 4.78 is 0. The van der Waals surface area contributed by atoms with Gasteiger partial charge in [-0.3, -0.25) is 10.1 Å². The topological polar surface area (TPSA) is 59.3 Å². The zero-order valence-corrected chi connectivity index (χ0v) is 12.2. The molecule has 0 amide bonds. The highest BCUT2D eigenvalue weighted by atomic mass is 35.5. The molecule has 108 valence electrons. The van der Waals surface area contributed by atoms with Crippen LogP contribution < -0.4 is 4.90 Å². The molecule has 1 aliphatic rings. The van der Waals surface area contributed by atoms with Gasteiger partial charge in [0.1, 0.15) is 11.0 Å². The normalized spacial score (nSPS) is 17.4. The van der Waals surface area contributed by atoms with Crippen LogP contribution in [0.1, 0.15) is 12.5 Å². The number of benzene rings is 1. The molecule has 0 bridgehead atoms. The lowest BCUT2D eigenvalue weighted by atomic mass is 9.94. The van der Waals surface area contributed by atoms with Gasteiger partial charge in [-0.05, 0) is 24.0 Å². The highest BCUT2D eigenvalue weighted by Gasteiger charge is 2.25. The zero-order chi connectivity index (χ0) is 15.0. The van der Waals surface area contributed by atoms with E-state index in [2.05, 4.69) is 18.0 Å². The minimum atomic E-state index is -0.448. The molecule has 2 aromatic rings. The number of nitro groups is 1. The van der Waals surface area contributed by atoms with E-state index >= 15 is 0 Å². The Morgan fingerprint density at radius 1 is 1.38 bits per heavy atom. The van der Waals surface area contributed by atoms with Crippen molar-refractivity contribution in [2.75, 3.05) is 11.4 Å². The first-order valence-electron chi connectivity index (χ1n) is 6.72. The Labute approximate surface area is 127 Å². The Kier molecular flexibility index (Phi) is 3.51.